The molecular weight excluding hydrogens is 164 g/mol. The maximum Gasteiger partial charge on any atom is 0.222 e. The molecule has 3 nitrogen and oxygen atoms in total. The average Bonchev–Trinajstić information content (AvgIpc) is 2.04. The van der Waals surface area contributed by atoms with E-state index in [-0.39, 0.29) is 5.91 Å². The second kappa shape index (κ2) is 6.47. The van der Waals surface area contributed by atoms with E-state index in [0.717, 1.165) is 0 Å². The van der Waals surface area contributed by atoms with Crippen LogP contribution < -0.4 is 0 Å². The largest absolute Gasteiger partial charge is 0.342 e. The van der Waals surface area contributed by atoms with Crippen molar-refractivity contribution in [1.29, 1.82) is 5.26 Å². The van der Waals surface area contributed by atoms with Crippen molar-refractivity contribution in [3.05, 3.63) is 0 Å². The summed E-state index contributed by atoms with van der Waals surface area (Å²) < 4.78 is 0. The highest BCUT2D eigenvalue weighted by atomic mass is 16.2. The lowest BCUT2D eigenvalue weighted by atomic mass is 10.1. The Morgan fingerprint density at radius 3 is 2.54 bits per heavy atom. The Bertz CT molecular complexity index is 194. The molecule has 0 aliphatic heterocycles. The maximum atomic E-state index is 11.5. The molecule has 1 amide bonds. The van der Waals surface area contributed by atoms with E-state index < -0.39 is 0 Å². The fourth-order valence-corrected chi connectivity index (χ4v) is 1.12. The van der Waals surface area contributed by atoms with Gasteiger partial charge in [0.1, 0.15) is 0 Å². The third-order valence-electron chi connectivity index (χ3n) is 1.81. The molecule has 0 saturated heterocycles. The van der Waals surface area contributed by atoms with Gasteiger partial charge in [0.05, 0.1) is 12.5 Å². The van der Waals surface area contributed by atoms with Gasteiger partial charge < -0.3 is 4.90 Å². The zero-order chi connectivity index (χ0) is 10.3. The Morgan fingerprint density at radius 2 is 2.15 bits per heavy atom. The topological polar surface area (TPSA) is 44.1 Å². The Hall–Kier alpha value is -1.04. The van der Waals surface area contributed by atoms with Crippen LogP contribution in [0.25, 0.3) is 0 Å². The summed E-state index contributed by atoms with van der Waals surface area (Å²) in [5.41, 5.74) is 0. The van der Waals surface area contributed by atoms with Crippen molar-refractivity contribution in [2.75, 3.05) is 13.1 Å². The molecule has 0 atom stereocenters. The number of hydrogen-bond acceptors (Lipinski definition) is 2. The molecule has 0 saturated carbocycles. The number of carbonyl (C=O) groups is 1. The maximum absolute atomic E-state index is 11.5. The van der Waals surface area contributed by atoms with Crippen LogP contribution in [0.15, 0.2) is 0 Å². The Balaban J connectivity index is 3.93. The van der Waals surface area contributed by atoms with Gasteiger partial charge in [0, 0.05) is 19.5 Å². The Kier molecular flexibility index (Phi) is 5.96. The smallest absolute Gasteiger partial charge is 0.222 e. The van der Waals surface area contributed by atoms with Crippen LogP contribution in [0.1, 0.15) is 33.6 Å². The number of rotatable bonds is 5. The number of carbonyl (C=O) groups excluding carboxylic acids is 1. The van der Waals surface area contributed by atoms with Gasteiger partial charge in [0.2, 0.25) is 5.91 Å². The van der Waals surface area contributed by atoms with Crippen LogP contribution in [-0.2, 0) is 4.79 Å². The summed E-state index contributed by atoms with van der Waals surface area (Å²) in [7, 11) is 0. The summed E-state index contributed by atoms with van der Waals surface area (Å²) in [4.78, 5) is 13.2. The van der Waals surface area contributed by atoms with Gasteiger partial charge >= 0.3 is 0 Å². The Labute approximate surface area is 80.3 Å². The van der Waals surface area contributed by atoms with Crippen LogP contribution in [-0.4, -0.2) is 23.9 Å². The van der Waals surface area contributed by atoms with Gasteiger partial charge in [-0.25, -0.2) is 0 Å². The molecule has 0 heterocycles. The monoisotopic (exact) mass is 182 g/mol. The van der Waals surface area contributed by atoms with Crippen molar-refractivity contribution < 1.29 is 4.79 Å². The summed E-state index contributed by atoms with van der Waals surface area (Å²) in [6.45, 7) is 7.26. The second-order valence-corrected chi connectivity index (χ2v) is 3.48. The number of nitrogens with zero attached hydrogens (tertiary/aromatic N) is 2. The zero-order valence-electron chi connectivity index (χ0n) is 8.71. The first-order valence-corrected chi connectivity index (χ1v) is 4.76. The molecule has 0 aromatic rings. The van der Waals surface area contributed by atoms with Crippen LogP contribution >= 0.6 is 0 Å². The van der Waals surface area contributed by atoms with Gasteiger partial charge in [-0.15, -0.1) is 0 Å². The van der Waals surface area contributed by atoms with Gasteiger partial charge in [0.15, 0.2) is 0 Å². The minimum Gasteiger partial charge on any atom is -0.342 e. The third-order valence-corrected chi connectivity index (χ3v) is 1.81. The van der Waals surface area contributed by atoms with E-state index in [1.807, 2.05) is 26.8 Å². The lowest BCUT2D eigenvalue weighted by Gasteiger charge is -2.20. The van der Waals surface area contributed by atoms with Gasteiger partial charge in [0.25, 0.3) is 0 Å². The van der Waals surface area contributed by atoms with Crippen LogP contribution in [0.3, 0.4) is 0 Å². The first-order valence-electron chi connectivity index (χ1n) is 4.76. The summed E-state index contributed by atoms with van der Waals surface area (Å²) in [6.07, 6.45) is 1.01. The fraction of sp³-hybridized carbons (Fsp3) is 0.800. The molecule has 3 heteroatoms. The van der Waals surface area contributed by atoms with E-state index >= 15 is 0 Å². The van der Waals surface area contributed by atoms with Crippen molar-refractivity contribution >= 4 is 5.91 Å². The van der Waals surface area contributed by atoms with E-state index in [9.17, 15) is 4.79 Å². The molecule has 0 N–H and O–H groups in total. The van der Waals surface area contributed by atoms with Crippen LogP contribution in [0.4, 0.5) is 0 Å². The predicted molar refractivity (Wildman–Crippen MR) is 51.9 cm³/mol. The summed E-state index contributed by atoms with van der Waals surface area (Å²) in [5.74, 6) is 0.552. The highest BCUT2D eigenvalue weighted by Gasteiger charge is 2.11. The molecule has 13 heavy (non-hydrogen) atoms. The molecule has 74 valence electrons. The van der Waals surface area contributed by atoms with Crippen molar-refractivity contribution in [2.24, 2.45) is 5.92 Å². The minimum absolute atomic E-state index is 0.160. The van der Waals surface area contributed by atoms with Crippen LogP contribution in [0, 0.1) is 17.2 Å². The molecule has 0 rings (SSSR count). The second-order valence-electron chi connectivity index (χ2n) is 3.48. The molecular formula is C10H18N2O. The number of amides is 1. The highest BCUT2D eigenvalue weighted by Crippen LogP contribution is 2.04. The first-order chi connectivity index (χ1) is 6.11. The number of nitriles is 1. The molecule has 0 unspecified atom stereocenters. The number of hydrogen-bond donors (Lipinski definition) is 0. The first kappa shape index (κ1) is 12.0. The van der Waals surface area contributed by atoms with Crippen LogP contribution in [0.5, 0.6) is 0 Å². The highest BCUT2D eigenvalue weighted by molar-refractivity contribution is 5.76. The minimum atomic E-state index is 0.160. The molecule has 0 aliphatic rings. The van der Waals surface area contributed by atoms with Crippen molar-refractivity contribution in [2.45, 2.75) is 33.6 Å². The Morgan fingerprint density at radius 1 is 1.54 bits per heavy atom. The third kappa shape index (κ3) is 5.24. The van der Waals surface area contributed by atoms with Gasteiger partial charge in [-0.05, 0) is 12.8 Å². The summed E-state index contributed by atoms with van der Waals surface area (Å²) >= 11 is 0. The molecule has 0 aromatic heterocycles. The molecule has 0 fully saturated rings. The quantitative estimate of drug-likeness (QED) is 0.650. The van der Waals surface area contributed by atoms with Gasteiger partial charge in [-0.3, -0.25) is 4.79 Å². The average molecular weight is 182 g/mol. The van der Waals surface area contributed by atoms with Crippen molar-refractivity contribution in [1.82, 2.24) is 4.90 Å². The van der Waals surface area contributed by atoms with Gasteiger partial charge in [-0.1, -0.05) is 13.8 Å². The standard InChI is InChI=1S/C10H18N2O/c1-4-12(7-5-6-11)10(13)8-9(2)3/h9H,4-5,7-8H2,1-3H3. The van der Waals surface area contributed by atoms with Crippen LogP contribution in [0.2, 0.25) is 0 Å². The fourth-order valence-electron chi connectivity index (χ4n) is 1.12. The molecule has 0 spiro atoms. The summed E-state index contributed by atoms with van der Waals surface area (Å²) in [5, 5.41) is 8.39. The van der Waals surface area contributed by atoms with Crippen molar-refractivity contribution in [3.8, 4) is 6.07 Å². The van der Waals surface area contributed by atoms with E-state index in [1.165, 1.54) is 0 Å². The normalized spacial score (nSPS) is 9.77. The lowest BCUT2D eigenvalue weighted by molar-refractivity contribution is -0.131. The van der Waals surface area contributed by atoms with Crippen molar-refractivity contribution in [3.63, 3.8) is 0 Å². The molecule has 0 aromatic carbocycles. The predicted octanol–water partition coefficient (Wildman–Crippen LogP) is 1.79. The van der Waals surface area contributed by atoms with E-state index in [0.29, 0.717) is 31.8 Å². The summed E-state index contributed by atoms with van der Waals surface area (Å²) in [6, 6.07) is 2.05. The van der Waals surface area contributed by atoms with E-state index in [1.54, 1.807) is 4.90 Å². The molecule has 0 aliphatic carbocycles. The lowest BCUT2D eigenvalue weighted by Crippen LogP contribution is -2.32. The van der Waals surface area contributed by atoms with E-state index in [4.69, 9.17) is 5.26 Å². The van der Waals surface area contributed by atoms with Gasteiger partial charge in [-0.2, -0.15) is 5.26 Å². The molecule has 0 bridgehead atoms. The SMILES string of the molecule is CCN(CCC#N)C(=O)CC(C)C. The van der Waals surface area contributed by atoms with E-state index in [2.05, 4.69) is 0 Å². The molecule has 0 radical (unpaired) electrons. The zero-order valence-corrected chi connectivity index (χ0v) is 8.71.